The van der Waals surface area contributed by atoms with Crippen LogP contribution in [0.25, 0.3) is 0 Å². The lowest BCUT2D eigenvalue weighted by molar-refractivity contribution is 0.112. The van der Waals surface area contributed by atoms with Crippen molar-refractivity contribution < 1.29 is 22.7 Å². The van der Waals surface area contributed by atoms with E-state index in [2.05, 4.69) is 0 Å². The predicted octanol–water partition coefficient (Wildman–Crippen LogP) is 0.920. The van der Waals surface area contributed by atoms with E-state index in [9.17, 15) is 13.2 Å². The molecule has 5 nitrogen and oxygen atoms in total. The van der Waals surface area contributed by atoms with E-state index in [-0.39, 0.29) is 16.2 Å². The van der Waals surface area contributed by atoms with Crippen LogP contribution in [0.4, 0.5) is 0 Å². The Labute approximate surface area is 93.9 Å². The number of benzene rings is 1. The molecule has 0 aliphatic rings. The average Bonchev–Trinajstić information content (AvgIpc) is 2.25. The molecule has 6 heteroatoms. The monoisotopic (exact) mass is 244 g/mol. The minimum atomic E-state index is -3.47. The molecule has 1 rings (SSSR count). The van der Waals surface area contributed by atoms with Crippen molar-refractivity contribution in [2.75, 3.05) is 20.5 Å². The molecule has 1 aromatic rings. The van der Waals surface area contributed by atoms with Crippen LogP contribution < -0.4 is 9.47 Å². The first kappa shape index (κ1) is 12.5. The smallest absolute Gasteiger partial charge is 0.176 e. The molecule has 0 amide bonds. The number of sulfone groups is 1. The number of hydrogen-bond acceptors (Lipinski definition) is 5. The van der Waals surface area contributed by atoms with Crippen LogP contribution in [-0.4, -0.2) is 35.2 Å². The standard InChI is InChI=1S/C10H12O5S/c1-14-8-4-7(6-11)10(16(3,12)13)5-9(8)15-2/h4-6H,1-3H3. The van der Waals surface area contributed by atoms with Crippen LogP contribution in [0.5, 0.6) is 11.5 Å². The van der Waals surface area contributed by atoms with Gasteiger partial charge < -0.3 is 9.47 Å². The Bertz CT molecular complexity index is 504. The summed E-state index contributed by atoms with van der Waals surface area (Å²) in [5.74, 6) is 0.588. The third-order valence-electron chi connectivity index (χ3n) is 2.04. The first-order valence-electron chi connectivity index (χ1n) is 4.35. The summed E-state index contributed by atoms with van der Waals surface area (Å²) in [5.41, 5.74) is 0.0557. The van der Waals surface area contributed by atoms with Gasteiger partial charge in [-0.1, -0.05) is 0 Å². The van der Waals surface area contributed by atoms with Gasteiger partial charge in [0, 0.05) is 17.9 Å². The van der Waals surface area contributed by atoms with E-state index >= 15 is 0 Å². The zero-order valence-corrected chi connectivity index (χ0v) is 10.00. The lowest BCUT2D eigenvalue weighted by atomic mass is 10.2. The maximum Gasteiger partial charge on any atom is 0.176 e. The molecule has 0 unspecified atom stereocenters. The Kier molecular flexibility index (Phi) is 3.54. The second kappa shape index (κ2) is 4.52. The summed E-state index contributed by atoms with van der Waals surface area (Å²) in [6.07, 6.45) is 1.50. The quantitative estimate of drug-likeness (QED) is 0.736. The SMILES string of the molecule is COc1cc(C=O)c(S(C)(=O)=O)cc1OC. The molecule has 0 fully saturated rings. The maximum atomic E-state index is 11.4. The van der Waals surface area contributed by atoms with Crippen molar-refractivity contribution in [2.45, 2.75) is 4.90 Å². The molecule has 0 atom stereocenters. The number of ether oxygens (including phenoxy) is 2. The summed E-state index contributed by atoms with van der Waals surface area (Å²) in [6, 6.07) is 2.61. The fraction of sp³-hybridized carbons (Fsp3) is 0.300. The van der Waals surface area contributed by atoms with Gasteiger partial charge in [-0.15, -0.1) is 0 Å². The normalized spacial score (nSPS) is 10.9. The van der Waals surface area contributed by atoms with Crippen LogP contribution in [0.1, 0.15) is 10.4 Å². The highest BCUT2D eigenvalue weighted by Gasteiger charge is 2.17. The number of carbonyl (C=O) groups excluding carboxylic acids is 1. The summed E-state index contributed by atoms with van der Waals surface area (Å²) in [6.45, 7) is 0. The number of methoxy groups -OCH3 is 2. The highest BCUT2D eigenvalue weighted by atomic mass is 32.2. The second-order valence-electron chi connectivity index (χ2n) is 3.14. The minimum absolute atomic E-state index is 0.0557. The van der Waals surface area contributed by atoms with E-state index in [4.69, 9.17) is 9.47 Å². The Morgan fingerprint density at radius 1 is 1.12 bits per heavy atom. The lowest BCUT2D eigenvalue weighted by Gasteiger charge is -2.10. The van der Waals surface area contributed by atoms with E-state index < -0.39 is 9.84 Å². The van der Waals surface area contributed by atoms with E-state index in [1.165, 1.54) is 26.4 Å². The molecule has 0 N–H and O–H groups in total. The Hall–Kier alpha value is -1.56. The summed E-state index contributed by atoms with van der Waals surface area (Å²) in [7, 11) is -0.667. The highest BCUT2D eigenvalue weighted by Crippen LogP contribution is 2.31. The number of carbonyl (C=O) groups is 1. The molecule has 0 saturated carbocycles. The van der Waals surface area contributed by atoms with Crippen LogP contribution in [0, 0.1) is 0 Å². The van der Waals surface area contributed by atoms with Gasteiger partial charge in [0.2, 0.25) is 0 Å². The average molecular weight is 244 g/mol. The van der Waals surface area contributed by atoms with Gasteiger partial charge in [-0.25, -0.2) is 8.42 Å². The highest BCUT2D eigenvalue weighted by molar-refractivity contribution is 7.90. The number of aldehydes is 1. The molecule has 0 saturated heterocycles. The van der Waals surface area contributed by atoms with Crippen molar-refractivity contribution in [3.63, 3.8) is 0 Å². The second-order valence-corrected chi connectivity index (χ2v) is 5.12. The molecule has 0 aliphatic heterocycles. The minimum Gasteiger partial charge on any atom is -0.493 e. The zero-order valence-electron chi connectivity index (χ0n) is 9.18. The van der Waals surface area contributed by atoms with Crippen LogP contribution in [0.2, 0.25) is 0 Å². The van der Waals surface area contributed by atoms with Gasteiger partial charge in [-0.05, 0) is 6.07 Å². The van der Waals surface area contributed by atoms with Crippen molar-refractivity contribution in [2.24, 2.45) is 0 Å². The van der Waals surface area contributed by atoms with Crippen molar-refractivity contribution in [1.82, 2.24) is 0 Å². The summed E-state index contributed by atoms with van der Waals surface area (Å²) in [4.78, 5) is 10.7. The molecule has 0 aromatic heterocycles. The van der Waals surface area contributed by atoms with Gasteiger partial charge in [0.05, 0.1) is 19.1 Å². The molecular weight excluding hydrogens is 232 g/mol. The van der Waals surface area contributed by atoms with Crippen LogP contribution >= 0.6 is 0 Å². The molecule has 88 valence electrons. The van der Waals surface area contributed by atoms with Crippen LogP contribution in [0.15, 0.2) is 17.0 Å². The van der Waals surface area contributed by atoms with Crippen molar-refractivity contribution in [1.29, 1.82) is 0 Å². The summed E-state index contributed by atoms with van der Waals surface area (Å²) in [5, 5.41) is 0. The van der Waals surface area contributed by atoms with Gasteiger partial charge in [0.1, 0.15) is 0 Å². The van der Waals surface area contributed by atoms with E-state index in [1.807, 2.05) is 0 Å². The van der Waals surface area contributed by atoms with E-state index in [0.717, 1.165) is 6.26 Å². The molecule has 0 bridgehead atoms. The molecule has 0 radical (unpaired) electrons. The molecule has 0 spiro atoms. The van der Waals surface area contributed by atoms with Gasteiger partial charge in [-0.3, -0.25) is 4.79 Å². The summed E-state index contributed by atoms with van der Waals surface area (Å²) >= 11 is 0. The molecule has 0 heterocycles. The predicted molar refractivity (Wildman–Crippen MR) is 58.0 cm³/mol. The van der Waals surface area contributed by atoms with E-state index in [1.54, 1.807) is 0 Å². The van der Waals surface area contributed by atoms with E-state index in [0.29, 0.717) is 12.0 Å². The molecular formula is C10H12O5S. The Balaban J connectivity index is 3.56. The molecule has 16 heavy (non-hydrogen) atoms. The number of hydrogen-bond donors (Lipinski definition) is 0. The maximum absolute atomic E-state index is 11.4. The topological polar surface area (TPSA) is 69.7 Å². The van der Waals surface area contributed by atoms with Gasteiger partial charge in [-0.2, -0.15) is 0 Å². The first-order valence-corrected chi connectivity index (χ1v) is 6.24. The lowest BCUT2D eigenvalue weighted by Crippen LogP contribution is -2.04. The van der Waals surface area contributed by atoms with Crippen molar-refractivity contribution in [3.05, 3.63) is 17.7 Å². The van der Waals surface area contributed by atoms with Gasteiger partial charge in [0.15, 0.2) is 27.6 Å². The fourth-order valence-electron chi connectivity index (χ4n) is 1.29. The van der Waals surface area contributed by atoms with Gasteiger partial charge >= 0.3 is 0 Å². The Morgan fingerprint density at radius 2 is 1.62 bits per heavy atom. The Morgan fingerprint density at radius 3 is 2.00 bits per heavy atom. The molecule has 0 aliphatic carbocycles. The van der Waals surface area contributed by atoms with Crippen molar-refractivity contribution >= 4 is 16.1 Å². The largest absolute Gasteiger partial charge is 0.493 e. The number of rotatable bonds is 4. The van der Waals surface area contributed by atoms with Gasteiger partial charge in [0.25, 0.3) is 0 Å². The van der Waals surface area contributed by atoms with Crippen LogP contribution in [0.3, 0.4) is 0 Å². The molecule has 1 aromatic carbocycles. The van der Waals surface area contributed by atoms with Crippen LogP contribution in [-0.2, 0) is 9.84 Å². The summed E-state index contributed by atoms with van der Waals surface area (Å²) < 4.78 is 32.8. The third kappa shape index (κ3) is 2.33. The van der Waals surface area contributed by atoms with Crippen molar-refractivity contribution in [3.8, 4) is 11.5 Å². The first-order chi connectivity index (χ1) is 7.43. The third-order valence-corrected chi connectivity index (χ3v) is 3.19. The zero-order chi connectivity index (χ0) is 12.3. The fourth-order valence-corrected chi connectivity index (χ4v) is 2.15.